The second kappa shape index (κ2) is 9.04. The third kappa shape index (κ3) is 4.22. The minimum Gasteiger partial charge on any atom is -0.336 e. The zero-order valence-corrected chi connectivity index (χ0v) is 17.5. The summed E-state index contributed by atoms with van der Waals surface area (Å²) in [6.45, 7) is 6.74. The predicted molar refractivity (Wildman–Crippen MR) is 111 cm³/mol. The van der Waals surface area contributed by atoms with E-state index in [2.05, 4.69) is 10.3 Å². The summed E-state index contributed by atoms with van der Waals surface area (Å²) < 4.78 is 27.0. The van der Waals surface area contributed by atoms with Gasteiger partial charge in [0.25, 0.3) is 5.91 Å². The van der Waals surface area contributed by atoms with Crippen molar-refractivity contribution in [3.63, 3.8) is 0 Å². The summed E-state index contributed by atoms with van der Waals surface area (Å²) in [7, 11) is -3.66. The molecule has 0 atom stereocenters. The summed E-state index contributed by atoms with van der Waals surface area (Å²) in [4.78, 5) is 29.4. The van der Waals surface area contributed by atoms with Crippen LogP contribution in [0, 0.1) is 0 Å². The smallest absolute Gasteiger partial charge is 0.254 e. The molecule has 0 radical (unpaired) electrons. The van der Waals surface area contributed by atoms with E-state index in [1.807, 2.05) is 0 Å². The van der Waals surface area contributed by atoms with Crippen molar-refractivity contribution < 1.29 is 13.2 Å². The van der Waals surface area contributed by atoms with E-state index in [4.69, 9.17) is 0 Å². The molecule has 0 aliphatic carbocycles. The molecule has 1 saturated heterocycles. The Labute approximate surface area is 170 Å². The number of hydrogen-bond acceptors (Lipinski definition) is 5. The number of carbonyl (C=O) groups excluding carboxylic acids is 1. The molecule has 8 nitrogen and oxygen atoms in total. The first-order valence-electron chi connectivity index (χ1n) is 9.05. The summed E-state index contributed by atoms with van der Waals surface area (Å²) in [6.07, 6.45) is 0. The largest absolute Gasteiger partial charge is 0.336 e. The highest BCUT2D eigenvalue weighted by Gasteiger charge is 2.25. The predicted octanol–water partition coefficient (Wildman–Crippen LogP) is 1.03. The van der Waals surface area contributed by atoms with Gasteiger partial charge in [-0.2, -0.15) is 4.31 Å². The van der Waals surface area contributed by atoms with Crippen LogP contribution >= 0.6 is 12.4 Å². The Kier molecular flexibility index (Phi) is 7.22. The number of fused-ring (bicyclic) bond motifs is 1. The van der Waals surface area contributed by atoms with E-state index >= 15 is 0 Å². The van der Waals surface area contributed by atoms with Crippen molar-refractivity contribution in [3.8, 4) is 0 Å². The van der Waals surface area contributed by atoms with Gasteiger partial charge in [-0.15, -0.1) is 12.4 Å². The van der Waals surface area contributed by atoms with Crippen LogP contribution in [0.5, 0.6) is 0 Å². The topological polar surface area (TPSA) is 103 Å². The minimum atomic E-state index is -3.66. The van der Waals surface area contributed by atoms with Crippen molar-refractivity contribution in [2.24, 2.45) is 0 Å². The van der Waals surface area contributed by atoms with Gasteiger partial charge < -0.3 is 15.2 Å². The lowest BCUT2D eigenvalue weighted by Gasteiger charge is -2.27. The number of carbonyl (C=O) groups is 1. The molecule has 10 heteroatoms. The van der Waals surface area contributed by atoms with Crippen molar-refractivity contribution in [1.82, 2.24) is 19.5 Å². The molecule has 154 valence electrons. The van der Waals surface area contributed by atoms with Gasteiger partial charge in [0, 0.05) is 56.2 Å². The molecule has 1 aliphatic heterocycles. The average Bonchev–Trinajstić information content (AvgIpc) is 2.67. The zero-order chi connectivity index (χ0) is 19.6. The van der Waals surface area contributed by atoms with E-state index in [0.29, 0.717) is 50.2 Å². The van der Waals surface area contributed by atoms with Crippen LogP contribution in [0.3, 0.4) is 0 Å². The Hall–Kier alpha value is -1.94. The number of halogens is 1. The monoisotopic (exact) mass is 428 g/mol. The lowest BCUT2D eigenvalue weighted by molar-refractivity contribution is 0.0737. The van der Waals surface area contributed by atoms with Crippen LogP contribution in [0.2, 0.25) is 0 Å². The lowest BCUT2D eigenvalue weighted by atomic mass is 10.1. The second-order valence-electron chi connectivity index (χ2n) is 6.39. The number of nitrogens with one attached hydrogen (secondary N) is 2. The van der Waals surface area contributed by atoms with E-state index < -0.39 is 10.0 Å². The van der Waals surface area contributed by atoms with Gasteiger partial charge in [-0.1, -0.05) is 13.8 Å². The van der Waals surface area contributed by atoms with Crippen molar-refractivity contribution in [2.45, 2.75) is 18.7 Å². The SMILES string of the molecule is CCN(CC)S(=O)(=O)c1ccc2[nH]c(=O)cc(C(=O)N3CCNCC3)c2c1.Cl. The van der Waals surface area contributed by atoms with E-state index in [1.54, 1.807) is 24.8 Å². The molecule has 2 N–H and O–H groups in total. The second-order valence-corrected chi connectivity index (χ2v) is 8.32. The number of H-pyrrole nitrogens is 1. The van der Waals surface area contributed by atoms with E-state index in [9.17, 15) is 18.0 Å². The van der Waals surface area contributed by atoms with E-state index in [0.717, 1.165) is 0 Å². The Morgan fingerprint density at radius 2 is 1.79 bits per heavy atom. The average molecular weight is 429 g/mol. The number of nitrogens with zero attached hydrogens (tertiary/aromatic N) is 2. The Morgan fingerprint density at radius 3 is 2.39 bits per heavy atom. The first-order chi connectivity index (χ1) is 12.9. The zero-order valence-electron chi connectivity index (χ0n) is 15.9. The molecule has 1 amide bonds. The van der Waals surface area contributed by atoms with Gasteiger partial charge >= 0.3 is 0 Å². The third-order valence-corrected chi connectivity index (χ3v) is 6.84. The molecule has 0 saturated carbocycles. The van der Waals surface area contributed by atoms with Gasteiger partial charge in [-0.3, -0.25) is 9.59 Å². The number of amides is 1. The molecule has 1 aliphatic rings. The van der Waals surface area contributed by atoms with Crippen LogP contribution in [0.1, 0.15) is 24.2 Å². The van der Waals surface area contributed by atoms with Gasteiger partial charge in [0.05, 0.1) is 10.5 Å². The molecule has 28 heavy (non-hydrogen) atoms. The summed E-state index contributed by atoms with van der Waals surface area (Å²) >= 11 is 0. The van der Waals surface area contributed by atoms with Crippen molar-refractivity contribution in [1.29, 1.82) is 0 Å². The minimum absolute atomic E-state index is 0. The van der Waals surface area contributed by atoms with Gasteiger partial charge in [0.2, 0.25) is 15.6 Å². The van der Waals surface area contributed by atoms with Crippen LogP contribution in [0.25, 0.3) is 10.9 Å². The quantitative estimate of drug-likeness (QED) is 0.740. The highest BCUT2D eigenvalue weighted by Crippen LogP contribution is 2.23. The Morgan fingerprint density at radius 1 is 1.14 bits per heavy atom. The van der Waals surface area contributed by atoms with Gasteiger partial charge in [0.1, 0.15) is 0 Å². The third-order valence-electron chi connectivity index (χ3n) is 4.79. The highest BCUT2D eigenvalue weighted by molar-refractivity contribution is 7.89. The molecule has 1 aromatic carbocycles. The number of pyridine rings is 1. The Bertz CT molecular complexity index is 1010. The molecular weight excluding hydrogens is 404 g/mol. The van der Waals surface area contributed by atoms with E-state index in [1.165, 1.54) is 22.5 Å². The fraction of sp³-hybridized carbons (Fsp3) is 0.444. The molecule has 1 aromatic heterocycles. The molecule has 0 bridgehead atoms. The van der Waals surface area contributed by atoms with E-state index in [-0.39, 0.29) is 34.3 Å². The fourth-order valence-corrected chi connectivity index (χ4v) is 4.81. The summed E-state index contributed by atoms with van der Waals surface area (Å²) in [5.41, 5.74) is 0.284. The number of piperazine rings is 1. The standard InChI is InChI=1S/C18H24N4O4S.ClH/c1-3-22(4-2)27(25,26)13-5-6-16-14(11-13)15(12-17(23)20-16)18(24)21-9-7-19-8-10-21;/h5-6,11-12,19H,3-4,7-10H2,1-2H3,(H,20,23);1H. The first kappa shape index (κ1) is 22.4. The highest BCUT2D eigenvalue weighted by atomic mass is 35.5. The maximum absolute atomic E-state index is 13.0. The molecule has 0 unspecified atom stereocenters. The fourth-order valence-electron chi connectivity index (χ4n) is 3.32. The summed E-state index contributed by atoms with van der Waals surface area (Å²) in [5.74, 6) is -0.259. The maximum Gasteiger partial charge on any atom is 0.254 e. The number of aromatic nitrogens is 1. The normalized spacial score (nSPS) is 14.9. The van der Waals surface area contributed by atoms with Crippen LogP contribution in [0.15, 0.2) is 34.0 Å². The lowest BCUT2D eigenvalue weighted by Crippen LogP contribution is -2.46. The van der Waals surface area contributed by atoms with Gasteiger partial charge in [-0.25, -0.2) is 8.42 Å². The van der Waals surface area contributed by atoms with Crippen LogP contribution in [-0.4, -0.2) is 67.8 Å². The molecule has 3 rings (SSSR count). The molecular formula is C18H25ClN4O4S. The Balaban J connectivity index is 0.00000280. The van der Waals surface area contributed by atoms with Crippen LogP contribution in [-0.2, 0) is 10.0 Å². The maximum atomic E-state index is 13.0. The van der Waals surface area contributed by atoms with Crippen LogP contribution < -0.4 is 10.9 Å². The molecule has 2 heterocycles. The van der Waals surface area contributed by atoms with Gasteiger partial charge in [0.15, 0.2) is 0 Å². The number of rotatable bonds is 5. The van der Waals surface area contributed by atoms with Crippen molar-refractivity contribution in [2.75, 3.05) is 39.3 Å². The number of benzene rings is 1. The summed E-state index contributed by atoms with van der Waals surface area (Å²) in [5, 5.41) is 3.61. The summed E-state index contributed by atoms with van der Waals surface area (Å²) in [6, 6.07) is 5.74. The number of aromatic amines is 1. The van der Waals surface area contributed by atoms with Crippen LogP contribution in [0.4, 0.5) is 0 Å². The molecule has 1 fully saturated rings. The van der Waals surface area contributed by atoms with Crippen molar-refractivity contribution in [3.05, 3.63) is 40.2 Å². The number of sulfonamides is 1. The van der Waals surface area contributed by atoms with Gasteiger partial charge in [-0.05, 0) is 18.2 Å². The molecule has 0 spiro atoms. The van der Waals surface area contributed by atoms with Crippen molar-refractivity contribution >= 4 is 39.2 Å². The first-order valence-corrected chi connectivity index (χ1v) is 10.5. The molecule has 2 aromatic rings. The number of hydrogen-bond donors (Lipinski definition) is 2.